The monoisotopic (exact) mass is 367 g/mol. The normalized spacial score (nSPS) is 11.9. The fraction of sp³-hybridized carbons (Fsp3) is 0.200. The summed E-state index contributed by atoms with van der Waals surface area (Å²) >= 11 is 5.91. The van der Waals surface area contributed by atoms with Gasteiger partial charge in [0.2, 0.25) is 10.0 Å². The number of halogens is 1. The zero-order chi connectivity index (χ0) is 13.2. The minimum atomic E-state index is -3.55. The van der Waals surface area contributed by atoms with E-state index in [2.05, 4.69) is 20.7 Å². The highest BCUT2D eigenvalue weighted by atomic mass is 79.9. The SMILES string of the molecule is O=S(=O)(NCc1cccs1)c1cc(CO)sc1Br. The van der Waals surface area contributed by atoms with Gasteiger partial charge in [0.25, 0.3) is 0 Å². The van der Waals surface area contributed by atoms with Gasteiger partial charge < -0.3 is 5.11 Å². The highest BCUT2D eigenvalue weighted by Crippen LogP contribution is 2.31. The van der Waals surface area contributed by atoms with Gasteiger partial charge in [-0.15, -0.1) is 22.7 Å². The molecule has 2 N–H and O–H groups in total. The van der Waals surface area contributed by atoms with E-state index in [-0.39, 0.29) is 18.0 Å². The topological polar surface area (TPSA) is 66.4 Å². The van der Waals surface area contributed by atoms with Crippen LogP contribution in [-0.4, -0.2) is 13.5 Å². The average Bonchev–Trinajstić information content (AvgIpc) is 2.95. The maximum atomic E-state index is 12.1. The van der Waals surface area contributed by atoms with Crippen molar-refractivity contribution in [1.82, 2.24) is 4.72 Å². The fourth-order valence-electron chi connectivity index (χ4n) is 1.32. The number of aliphatic hydroxyl groups is 1. The third kappa shape index (κ3) is 3.19. The summed E-state index contributed by atoms with van der Waals surface area (Å²) in [5.74, 6) is 0. The quantitative estimate of drug-likeness (QED) is 0.853. The maximum absolute atomic E-state index is 12.1. The lowest BCUT2D eigenvalue weighted by atomic mass is 10.5. The van der Waals surface area contributed by atoms with Crippen LogP contribution in [0.2, 0.25) is 0 Å². The van der Waals surface area contributed by atoms with Crippen LogP contribution in [0.4, 0.5) is 0 Å². The van der Waals surface area contributed by atoms with Gasteiger partial charge in [-0.1, -0.05) is 6.07 Å². The first-order valence-electron chi connectivity index (χ1n) is 4.94. The van der Waals surface area contributed by atoms with E-state index >= 15 is 0 Å². The van der Waals surface area contributed by atoms with Crippen LogP contribution < -0.4 is 4.72 Å². The summed E-state index contributed by atoms with van der Waals surface area (Å²) in [6, 6.07) is 5.22. The van der Waals surface area contributed by atoms with Crippen LogP contribution in [0.5, 0.6) is 0 Å². The fourth-order valence-corrected chi connectivity index (χ4v) is 5.60. The Balaban J connectivity index is 2.17. The third-order valence-electron chi connectivity index (χ3n) is 2.17. The first-order chi connectivity index (χ1) is 8.53. The average molecular weight is 368 g/mol. The van der Waals surface area contributed by atoms with Gasteiger partial charge in [0.15, 0.2) is 0 Å². The Labute approximate surface area is 121 Å². The molecule has 2 heterocycles. The molecule has 0 saturated carbocycles. The van der Waals surface area contributed by atoms with Crippen LogP contribution >= 0.6 is 38.6 Å². The number of sulfonamides is 1. The van der Waals surface area contributed by atoms with Gasteiger partial charge in [0, 0.05) is 16.3 Å². The first kappa shape index (κ1) is 14.2. The molecule has 0 aliphatic heterocycles. The molecule has 0 unspecified atom stereocenters. The number of rotatable bonds is 5. The number of hydrogen-bond acceptors (Lipinski definition) is 5. The van der Waals surface area contributed by atoms with Gasteiger partial charge in [-0.3, -0.25) is 0 Å². The summed E-state index contributed by atoms with van der Waals surface area (Å²) in [5.41, 5.74) is 0. The molecule has 4 nitrogen and oxygen atoms in total. The van der Waals surface area contributed by atoms with Gasteiger partial charge in [0.1, 0.15) is 4.90 Å². The van der Waals surface area contributed by atoms with E-state index in [1.807, 2.05) is 17.5 Å². The van der Waals surface area contributed by atoms with Gasteiger partial charge in [0.05, 0.1) is 10.4 Å². The van der Waals surface area contributed by atoms with Crippen molar-refractivity contribution in [3.05, 3.63) is 37.1 Å². The number of hydrogen-bond donors (Lipinski definition) is 2. The Kier molecular flexibility index (Phi) is 4.57. The first-order valence-corrected chi connectivity index (χ1v) is 8.91. The van der Waals surface area contributed by atoms with Gasteiger partial charge in [-0.25, -0.2) is 13.1 Å². The summed E-state index contributed by atoms with van der Waals surface area (Å²) in [6.45, 7) is 0.112. The van der Waals surface area contributed by atoms with Gasteiger partial charge in [-0.05, 0) is 33.4 Å². The minimum Gasteiger partial charge on any atom is -0.391 e. The molecule has 0 bridgehead atoms. The third-order valence-corrected chi connectivity index (χ3v) is 6.68. The zero-order valence-electron chi connectivity index (χ0n) is 9.09. The lowest BCUT2D eigenvalue weighted by Gasteiger charge is -2.03. The molecule has 0 radical (unpaired) electrons. The van der Waals surface area contributed by atoms with Crippen LogP contribution in [0, 0.1) is 0 Å². The molecule has 2 rings (SSSR count). The maximum Gasteiger partial charge on any atom is 0.242 e. The van der Waals surface area contributed by atoms with E-state index in [0.717, 1.165) is 4.88 Å². The predicted octanol–water partition coefficient (Wildman–Crippen LogP) is 2.54. The molecule has 0 atom stereocenters. The van der Waals surface area contributed by atoms with Crippen LogP contribution in [0.1, 0.15) is 9.75 Å². The van der Waals surface area contributed by atoms with Crippen molar-refractivity contribution in [2.24, 2.45) is 0 Å². The van der Waals surface area contributed by atoms with E-state index in [9.17, 15) is 8.42 Å². The largest absolute Gasteiger partial charge is 0.391 e. The molecule has 2 aromatic rings. The highest BCUT2D eigenvalue weighted by molar-refractivity contribution is 9.11. The van der Waals surface area contributed by atoms with Gasteiger partial charge in [-0.2, -0.15) is 0 Å². The molecule has 0 saturated heterocycles. The predicted molar refractivity (Wildman–Crippen MR) is 76.3 cm³/mol. The Morgan fingerprint density at radius 3 is 2.72 bits per heavy atom. The Morgan fingerprint density at radius 1 is 1.39 bits per heavy atom. The summed E-state index contributed by atoms with van der Waals surface area (Å²) in [7, 11) is -3.55. The summed E-state index contributed by atoms with van der Waals surface area (Å²) in [6.07, 6.45) is 0. The molecule has 8 heteroatoms. The molecule has 0 aliphatic carbocycles. The van der Waals surface area contributed by atoms with E-state index in [0.29, 0.717) is 8.66 Å². The molecule has 0 aromatic carbocycles. The molecular formula is C10H10BrNO3S3. The molecule has 0 amide bonds. The molecule has 0 aliphatic rings. The molecule has 0 spiro atoms. The Bertz CT molecular complexity index is 619. The summed E-state index contributed by atoms with van der Waals surface area (Å²) < 4.78 is 27.2. The molecule has 2 aromatic heterocycles. The van der Waals surface area contributed by atoms with Crippen LogP contribution in [0.25, 0.3) is 0 Å². The van der Waals surface area contributed by atoms with Crippen LogP contribution in [-0.2, 0) is 23.2 Å². The summed E-state index contributed by atoms with van der Waals surface area (Å²) in [4.78, 5) is 1.73. The van der Waals surface area contributed by atoms with E-state index in [1.54, 1.807) is 0 Å². The standard InChI is InChI=1S/C10H10BrNO3S3/c11-10-9(4-8(6-13)17-10)18(14,15)12-5-7-2-1-3-16-7/h1-4,12-13H,5-6H2. The van der Waals surface area contributed by atoms with Crippen LogP contribution in [0.15, 0.2) is 32.3 Å². The molecule has 0 fully saturated rings. The van der Waals surface area contributed by atoms with Crippen molar-refractivity contribution < 1.29 is 13.5 Å². The van der Waals surface area contributed by atoms with Gasteiger partial charge >= 0.3 is 0 Å². The van der Waals surface area contributed by atoms with E-state index < -0.39 is 10.0 Å². The minimum absolute atomic E-state index is 0.163. The van der Waals surface area contributed by atoms with Crippen molar-refractivity contribution in [1.29, 1.82) is 0 Å². The Hall–Kier alpha value is -0.250. The molecular weight excluding hydrogens is 358 g/mol. The van der Waals surface area contributed by atoms with Crippen molar-refractivity contribution in [2.75, 3.05) is 0 Å². The second-order valence-corrected chi connectivity index (χ2v) is 8.63. The second-order valence-electron chi connectivity index (χ2n) is 3.41. The summed E-state index contributed by atoms with van der Waals surface area (Å²) in [5, 5.41) is 10.9. The lowest BCUT2D eigenvalue weighted by Crippen LogP contribution is -2.22. The van der Waals surface area contributed by atoms with Crippen molar-refractivity contribution in [2.45, 2.75) is 18.0 Å². The van der Waals surface area contributed by atoms with Crippen molar-refractivity contribution in [3.63, 3.8) is 0 Å². The second kappa shape index (κ2) is 5.81. The van der Waals surface area contributed by atoms with Crippen molar-refractivity contribution >= 4 is 48.6 Å². The molecule has 18 heavy (non-hydrogen) atoms. The molecule has 98 valence electrons. The van der Waals surface area contributed by atoms with Crippen LogP contribution in [0.3, 0.4) is 0 Å². The number of thiophene rings is 2. The number of aliphatic hydroxyl groups excluding tert-OH is 1. The highest BCUT2D eigenvalue weighted by Gasteiger charge is 2.20. The van der Waals surface area contributed by atoms with E-state index in [4.69, 9.17) is 5.11 Å². The number of nitrogens with one attached hydrogen (secondary N) is 1. The smallest absolute Gasteiger partial charge is 0.242 e. The Morgan fingerprint density at radius 2 is 2.17 bits per heavy atom. The lowest BCUT2D eigenvalue weighted by molar-refractivity contribution is 0.285. The zero-order valence-corrected chi connectivity index (χ0v) is 13.1. The van der Waals surface area contributed by atoms with Crippen molar-refractivity contribution in [3.8, 4) is 0 Å². The van der Waals surface area contributed by atoms with E-state index in [1.165, 1.54) is 28.7 Å².